The van der Waals surface area contributed by atoms with Gasteiger partial charge in [0.15, 0.2) is 0 Å². The van der Waals surface area contributed by atoms with E-state index in [9.17, 15) is 46.8 Å². The van der Waals surface area contributed by atoms with E-state index in [4.69, 9.17) is 10.5 Å². The Hall–Kier alpha value is -5.89. The quantitative estimate of drug-likeness (QED) is 0.0937. The van der Waals surface area contributed by atoms with Crippen molar-refractivity contribution in [2.24, 2.45) is 17.6 Å². The van der Waals surface area contributed by atoms with Gasteiger partial charge in [-0.15, -0.1) is 0 Å². The van der Waals surface area contributed by atoms with Crippen LogP contribution in [0.5, 0.6) is 0 Å². The molecule has 0 radical (unpaired) electrons. The molecule has 20 heteroatoms. The minimum absolute atomic E-state index is 0.0125. The molecule has 0 spiro atoms. The van der Waals surface area contributed by atoms with Crippen molar-refractivity contribution in [2.75, 3.05) is 25.0 Å². The summed E-state index contributed by atoms with van der Waals surface area (Å²) in [6.45, 7) is 5.83. The summed E-state index contributed by atoms with van der Waals surface area (Å²) < 4.78 is 35.2. The first-order chi connectivity index (χ1) is 29.4. The van der Waals surface area contributed by atoms with Gasteiger partial charge in [0, 0.05) is 25.2 Å². The van der Waals surface area contributed by atoms with E-state index in [1.165, 1.54) is 36.1 Å². The number of primary amides is 1. The van der Waals surface area contributed by atoms with Gasteiger partial charge >= 0.3 is 6.09 Å². The molecule has 2 aromatic carbocycles. The van der Waals surface area contributed by atoms with E-state index in [1.54, 1.807) is 37.3 Å². The number of hydrogen-bond acceptors (Lipinski definition) is 11. The number of nitrogens with zero attached hydrogens (tertiary/aromatic N) is 1. The monoisotopic (exact) mass is 882 g/mol. The number of hydrogen-bond donors (Lipinski definition) is 7. The average Bonchev–Trinajstić information content (AvgIpc) is 3.66. The van der Waals surface area contributed by atoms with Crippen molar-refractivity contribution in [3.8, 4) is 0 Å². The molecule has 1 aliphatic heterocycles. The summed E-state index contributed by atoms with van der Waals surface area (Å²) >= 11 is 0. The van der Waals surface area contributed by atoms with Crippen LogP contribution >= 0.6 is 0 Å². The molecule has 2 aliphatic rings. The molecule has 7 amide bonds. The Morgan fingerprint density at radius 3 is 2.15 bits per heavy atom. The fourth-order valence-electron chi connectivity index (χ4n) is 7.47. The van der Waals surface area contributed by atoms with Gasteiger partial charge < -0.3 is 42.0 Å². The Morgan fingerprint density at radius 2 is 1.55 bits per heavy atom. The van der Waals surface area contributed by atoms with Crippen LogP contribution < -0.4 is 37.0 Å². The molecule has 338 valence electrons. The fraction of sp³-hybridized carbons (Fsp3) is 0.524. The van der Waals surface area contributed by atoms with Gasteiger partial charge in [-0.2, -0.15) is 0 Å². The number of alkyl carbamates (subject to hydrolysis) is 1. The number of ether oxygens (including phenoxy) is 1. The second-order valence-electron chi connectivity index (χ2n) is 16.0. The fourth-order valence-corrected chi connectivity index (χ4v) is 8.71. The predicted octanol–water partition coefficient (Wildman–Crippen LogP) is 1.54. The maximum Gasteiger partial charge on any atom is 0.407 e. The molecule has 4 rings (SSSR count). The number of Topliss-reactive ketones (excluding diaryl/α,β-unsaturated/α-hetero) is 1. The Labute approximate surface area is 361 Å². The van der Waals surface area contributed by atoms with E-state index in [2.05, 4.69) is 31.3 Å². The Morgan fingerprint density at radius 1 is 0.887 bits per heavy atom. The van der Waals surface area contributed by atoms with Gasteiger partial charge in [0.05, 0.1) is 24.1 Å². The van der Waals surface area contributed by atoms with Crippen LogP contribution in [0.4, 0.5) is 10.5 Å². The summed E-state index contributed by atoms with van der Waals surface area (Å²) in [5, 5.41) is 12.5. The number of benzene rings is 2. The summed E-state index contributed by atoms with van der Waals surface area (Å²) in [5.41, 5.74) is 6.24. The van der Waals surface area contributed by atoms with Crippen LogP contribution in [0.2, 0.25) is 0 Å². The third kappa shape index (κ3) is 14.1. The molecule has 2 aromatic rings. The third-order valence-electron chi connectivity index (χ3n) is 10.5. The minimum Gasteiger partial charge on any atom is -0.449 e. The lowest BCUT2D eigenvalue weighted by Gasteiger charge is -2.34. The van der Waals surface area contributed by atoms with E-state index in [1.807, 2.05) is 13.8 Å². The van der Waals surface area contributed by atoms with Crippen LogP contribution in [-0.4, -0.2) is 105 Å². The van der Waals surface area contributed by atoms with Crippen molar-refractivity contribution in [1.82, 2.24) is 30.9 Å². The maximum absolute atomic E-state index is 14.6. The number of nitrogens with one attached hydrogen (secondary N) is 6. The molecule has 0 aromatic heterocycles. The number of carbonyl (C=O) groups excluding carboxylic acids is 8. The van der Waals surface area contributed by atoms with Crippen LogP contribution in [0.25, 0.3) is 0 Å². The molecule has 8 N–H and O–H groups in total. The Kier molecular flexibility index (Phi) is 17.9. The number of amides is 7. The molecular formula is C42H58N8O11S. The van der Waals surface area contributed by atoms with E-state index >= 15 is 0 Å². The van der Waals surface area contributed by atoms with Crippen LogP contribution in [0.1, 0.15) is 90.7 Å². The number of sulfonamides is 1. The van der Waals surface area contributed by atoms with E-state index in [0.717, 1.165) is 19.3 Å². The number of ketones is 1. The lowest BCUT2D eigenvalue weighted by Crippen LogP contribution is -2.58. The van der Waals surface area contributed by atoms with E-state index < -0.39 is 88.2 Å². The standard InChI is InChI=1S/C42H58N8O11S/c1-5-12-32(37(53)40(56)44-22-34(52)47-35(38(43)54)27-13-8-6-9-14-27)46-39(55)33-21-30(49-62(59,60)31-19-17-29(18-20-31)45-26(4)51)23-50(33)41(57)36(28-15-10-7-11-16-28)48-42(58)61-24-25(2)3/h6,8-9,13-14,17-20,25,28,30,32-33,35-36,49H,5,7,10-12,15-16,21-24H2,1-4H3,(H2,43,54)(H,44,56)(H,45,51)(H,46,55)(H,47,52)(H,48,58)/t30?,32?,33?,35-,36-/m0/s1. The first kappa shape index (κ1) is 48.8. The van der Waals surface area contributed by atoms with E-state index in [0.29, 0.717) is 30.5 Å². The van der Waals surface area contributed by atoms with Gasteiger partial charge in [-0.25, -0.2) is 17.9 Å². The summed E-state index contributed by atoms with van der Waals surface area (Å²) in [5.74, 6) is -6.11. The third-order valence-corrected chi connectivity index (χ3v) is 12.0. The van der Waals surface area contributed by atoms with Crippen LogP contribution in [0.15, 0.2) is 59.5 Å². The Bertz CT molecular complexity index is 2040. The van der Waals surface area contributed by atoms with Crippen molar-refractivity contribution in [2.45, 2.75) is 114 Å². The number of rotatable bonds is 20. The summed E-state index contributed by atoms with van der Waals surface area (Å²) in [4.78, 5) is 106. The van der Waals surface area contributed by atoms with Crippen LogP contribution in [0, 0.1) is 11.8 Å². The van der Waals surface area contributed by atoms with Crippen LogP contribution in [-0.2, 0) is 48.3 Å². The minimum atomic E-state index is -4.25. The molecule has 1 saturated heterocycles. The molecule has 5 atom stereocenters. The summed E-state index contributed by atoms with van der Waals surface area (Å²) in [7, 11) is -4.25. The molecule has 1 aliphatic carbocycles. The van der Waals surface area contributed by atoms with Crippen molar-refractivity contribution >= 4 is 63.0 Å². The molecule has 1 saturated carbocycles. The molecule has 19 nitrogen and oxygen atoms in total. The first-order valence-electron chi connectivity index (χ1n) is 20.8. The normalized spacial score (nSPS) is 18.1. The summed E-state index contributed by atoms with van der Waals surface area (Å²) in [6, 6.07) is 7.44. The van der Waals surface area contributed by atoms with Gasteiger partial charge in [-0.3, -0.25) is 33.6 Å². The van der Waals surface area contributed by atoms with Crippen LogP contribution in [0.3, 0.4) is 0 Å². The van der Waals surface area contributed by atoms with Crippen molar-refractivity contribution < 1.29 is 51.5 Å². The first-order valence-corrected chi connectivity index (χ1v) is 22.3. The Balaban J connectivity index is 1.55. The number of likely N-dealkylation sites (tertiary alicyclic amines) is 1. The molecular weight excluding hydrogens is 825 g/mol. The number of nitrogens with two attached hydrogens (primary N) is 1. The highest BCUT2D eigenvalue weighted by atomic mass is 32.2. The van der Waals surface area contributed by atoms with Crippen molar-refractivity contribution in [1.29, 1.82) is 0 Å². The zero-order valence-corrected chi connectivity index (χ0v) is 36.3. The topological polar surface area (TPSA) is 281 Å². The molecule has 2 fully saturated rings. The average molecular weight is 883 g/mol. The SMILES string of the molecule is CCCC(NC(=O)C1CC(NS(=O)(=O)c2ccc(NC(C)=O)cc2)CN1C(=O)[C@@H](NC(=O)OCC(C)C)C1CCCCC1)C(=O)C(=O)NCC(=O)N[C@H](C(N)=O)c1ccccc1. The predicted molar refractivity (Wildman–Crippen MR) is 226 cm³/mol. The maximum atomic E-state index is 14.6. The van der Waals surface area contributed by atoms with E-state index in [-0.39, 0.29) is 48.6 Å². The second-order valence-corrected chi connectivity index (χ2v) is 17.7. The lowest BCUT2D eigenvalue weighted by molar-refractivity contribution is -0.143. The highest BCUT2D eigenvalue weighted by Gasteiger charge is 2.46. The molecule has 1 heterocycles. The molecule has 62 heavy (non-hydrogen) atoms. The van der Waals surface area contributed by atoms with Gasteiger partial charge in [-0.1, -0.05) is 76.8 Å². The second kappa shape index (κ2) is 22.8. The molecule has 3 unspecified atom stereocenters. The van der Waals surface area contributed by atoms with Gasteiger partial charge in [0.1, 0.15) is 18.1 Å². The van der Waals surface area contributed by atoms with Gasteiger partial charge in [0.2, 0.25) is 45.3 Å². The zero-order chi connectivity index (χ0) is 45.6. The summed E-state index contributed by atoms with van der Waals surface area (Å²) in [6.07, 6.45) is 3.00. The lowest BCUT2D eigenvalue weighted by atomic mass is 9.83. The van der Waals surface area contributed by atoms with Gasteiger partial charge in [-0.05, 0) is 67.3 Å². The smallest absolute Gasteiger partial charge is 0.407 e. The highest BCUT2D eigenvalue weighted by molar-refractivity contribution is 7.89. The molecule has 0 bridgehead atoms. The number of carbonyl (C=O) groups is 8. The van der Waals surface area contributed by atoms with Crippen molar-refractivity contribution in [3.63, 3.8) is 0 Å². The largest absolute Gasteiger partial charge is 0.449 e. The van der Waals surface area contributed by atoms with Crippen molar-refractivity contribution in [3.05, 3.63) is 60.2 Å². The van der Waals surface area contributed by atoms with Gasteiger partial charge in [0.25, 0.3) is 5.91 Å². The number of anilines is 1. The highest BCUT2D eigenvalue weighted by Crippen LogP contribution is 2.30. The zero-order valence-electron chi connectivity index (χ0n) is 35.4.